The Morgan fingerprint density at radius 2 is 1.83 bits per heavy atom. The molecule has 0 fully saturated rings. The maximum Gasteiger partial charge on any atom is 0.408 e. The van der Waals surface area contributed by atoms with Crippen molar-refractivity contribution in [2.75, 3.05) is 4.72 Å². The van der Waals surface area contributed by atoms with Crippen molar-refractivity contribution in [3.8, 4) is 0 Å². The minimum atomic E-state index is -4.50. The topological polar surface area (TPSA) is 90.0 Å². The fraction of sp³-hybridized carbons (Fsp3) is 0.500. The van der Waals surface area contributed by atoms with Gasteiger partial charge in [0.1, 0.15) is 17.2 Å². The summed E-state index contributed by atoms with van der Waals surface area (Å²) in [6, 6.07) is 0. The normalized spacial score (nSPS) is 12.7. The SMILES string of the molecule is Cc1nn(CC(F)(F)F)c(C)c1S(=O)(=O)Nc1noc(C)c1C. The van der Waals surface area contributed by atoms with Gasteiger partial charge in [-0.25, -0.2) is 8.42 Å². The van der Waals surface area contributed by atoms with Crippen molar-refractivity contribution in [1.82, 2.24) is 14.9 Å². The maximum atomic E-state index is 12.5. The molecule has 7 nitrogen and oxygen atoms in total. The maximum absolute atomic E-state index is 12.5. The van der Waals surface area contributed by atoms with Crippen LogP contribution >= 0.6 is 0 Å². The molecule has 0 aliphatic carbocycles. The summed E-state index contributed by atoms with van der Waals surface area (Å²) < 4.78 is 70.1. The number of aryl methyl sites for hydroxylation is 2. The molecule has 2 heterocycles. The van der Waals surface area contributed by atoms with E-state index in [1.165, 1.54) is 13.8 Å². The third-order valence-electron chi connectivity index (χ3n) is 3.30. The van der Waals surface area contributed by atoms with Crippen LogP contribution in [-0.4, -0.2) is 29.5 Å². The van der Waals surface area contributed by atoms with E-state index in [1.54, 1.807) is 13.8 Å². The second kappa shape index (κ2) is 5.55. The van der Waals surface area contributed by atoms with Gasteiger partial charge >= 0.3 is 6.18 Å². The highest BCUT2D eigenvalue weighted by Gasteiger charge is 2.33. The third kappa shape index (κ3) is 3.49. The molecule has 2 aromatic rings. The van der Waals surface area contributed by atoms with E-state index in [0.717, 1.165) is 0 Å². The van der Waals surface area contributed by atoms with Crippen LogP contribution in [0.1, 0.15) is 22.7 Å². The van der Waals surface area contributed by atoms with Crippen LogP contribution in [0, 0.1) is 27.7 Å². The van der Waals surface area contributed by atoms with Crippen LogP contribution in [0.15, 0.2) is 9.42 Å². The number of hydrogen-bond donors (Lipinski definition) is 1. The van der Waals surface area contributed by atoms with E-state index in [0.29, 0.717) is 16.0 Å². The summed E-state index contributed by atoms with van der Waals surface area (Å²) in [5.74, 6) is 0.425. The van der Waals surface area contributed by atoms with Gasteiger partial charge in [-0.2, -0.15) is 18.3 Å². The monoisotopic (exact) mass is 352 g/mol. The molecule has 0 amide bonds. The average molecular weight is 352 g/mol. The molecule has 0 bridgehead atoms. The Hall–Kier alpha value is -2.04. The quantitative estimate of drug-likeness (QED) is 0.913. The first-order valence-electron chi connectivity index (χ1n) is 6.49. The van der Waals surface area contributed by atoms with E-state index >= 15 is 0 Å². The number of rotatable bonds is 4. The Balaban J connectivity index is 2.42. The standard InChI is InChI=1S/C12H15F3N4O3S/c1-6-9(4)22-17-11(6)18-23(20,21)10-7(2)16-19(8(10)3)5-12(13,14)15/h5H2,1-4H3,(H,17,18). The number of aromatic nitrogens is 3. The van der Waals surface area contributed by atoms with Crippen molar-refractivity contribution >= 4 is 15.8 Å². The molecule has 23 heavy (non-hydrogen) atoms. The van der Waals surface area contributed by atoms with Gasteiger partial charge < -0.3 is 4.52 Å². The van der Waals surface area contributed by atoms with Crippen molar-refractivity contribution in [1.29, 1.82) is 0 Å². The summed E-state index contributed by atoms with van der Waals surface area (Å²) >= 11 is 0. The Labute approximate surface area is 130 Å². The number of nitrogens with one attached hydrogen (secondary N) is 1. The highest BCUT2D eigenvalue weighted by atomic mass is 32.2. The van der Waals surface area contributed by atoms with E-state index in [-0.39, 0.29) is 22.1 Å². The van der Waals surface area contributed by atoms with Crippen LogP contribution < -0.4 is 4.72 Å². The predicted molar refractivity (Wildman–Crippen MR) is 74.5 cm³/mol. The van der Waals surface area contributed by atoms with Gasteiger partial charge in [-0.1, -0.05) is 5.16 Å². The lowest BCUT2D eigenvalue weighted by Gasteiger charge is -2.09. The minimum absolute atomic E-state index is 0.00938. The molecule has 0 spiro atoms. The molecular formula is C12H15F3N4O3S. The molecule has 11 heteroatoms. The largest absolute Gasteiger partial charge is 0.408 e. The van der Waals surface area contributed by atoms with Crippen LogP contribution in [0.2, 0.25) is 0 Å². The number of sulfonamides is 1. The van der Waals surface area contributed by atoms with E-state index in [9.17, 15) is 21.6 Å². The molecule has 0 aliphatic rings. The van der Waals surface area contributed by atoms with Crippen LogP contribution in [0.3, 0.4) is 0 Å². The molecule has 0 radical (unpaired) electrons. The van der Waals surface area contributed by atoms with Gasteiger partial charge in [-0.15, -0.1) is 0 Å². The Kier molecular flexibility index (Phi) is 4.18. The van der Waals surface area contributed by atoms with Gasteiger partial charge in [0.2, 0.25) is 0 Å². The van der Waals surface area contributed by atoms with Gasteiger partial charge in [0.15, 0.2) is 5.82 Å². The first-order chi connectivity index (χ1) is 10.4. The van der Waals surface area contributed by atoms with E-state index in [2.05, 4.69) is 15.0 Å². The molecule has 0 aliphatic heterocycles. The van der Waals surface area contributed by atoms with Crippen LogP contribution in [-0.2, 0) is 16.6 Å². The van der Waals surface area contributed by atoms with Gasteiger partial charge in [0.05, 0.1) is 11.4 Å². The zero-order valence-electron chi connectivity index (χ0n) is 12.8. The number of halogens is 3. The van der Waals surface area contributed by atoms with Gasteiger partial charge in [-0.3, -0.25) is 9.40 Å². The zero-order valence-corrected chi connectivity index (χ0v) is 13.6. The van der Waals surface area contributed by atoms with Crippen LogP contribution in [0.25, 0.3) is 0 Å². The van der Waals surface area contributed by atoms with Crippen LogP contribution in [0.4, 0.5) is 19.0 Å². The molecule has 1 N–H and O–H groups in total. The molecule has 2 rings (SSSR count). The highest BCUT2D eigenvalue weighted by Crippen LogP contribution is 2.26. The lowest BCUT2D eigenvalue weighted by molar-refractivity contribution is -0.143. The zero-order chi connectivity index (χ0) is 17.6. The summed E-state index contributed by atoms with van der Waals surface area (Å²) in [7, 11) is -4.14. The predicted octanol–water partition coefficient (Wildman–Crippen LogP) is 2.47. The average Bonchev–Trinajstić information content (AvgIpc) is 2.81. The Bertz CT molecular complexity index is 837. The molecule has 0 saturated heterocycles. The molecule has 128 valence electrons. The highest BCUT2D eigenvalue weighted by molar-refractivity contribution is 7.92. The number of nitrogens with zero attached hydrogens (tertiary/aromatic N) is 3. The summed E-state index contributed by atoms with van der Waals surface area (Å²) in [6.07, 6.45) is -4.50. The lowest BCUT2D eigenvalue weighted by atomic mass is 10.3. The first kappa shape index (κ1) is 17.3. The summed E-state index contributed by atoms with van der Waals surface area (Å²) in [6.45, 7) is 4.45. The van der Waals surface area contributed by atoms with Gasteiger partial charge in [-0.05, 0) is 27.7 Å². The molecular weight excluding hydrogens is 337 g/mol. The number of anilines is 1. The fourth-order valence-electron chi connectivity index (χ4n) is 2.08. The Morgan fingerprint density at radius 3 is 2.30 bits per heavy atom. The fourth-order valence-corrected chi connectivity index (χ4v) is 3.56. The van der Waals surface area contributed by atoms with Crippen molar-refractivity contribution < 1.29 is 26.1 Å². The first-order valence-corrected chi connectivity index (χ1v) is 7.97. The smallest absolute Gasteiger partial charge is 0.359 e. The molecule has 0 atom stereocenters. The second-order valence-corrected chi connectivity index (χ2v) is 6.71. The van der Waals surface area contributed by atoms with Crippen LogP contribution in [0.5, 0.6) is 0 Å². The number of hydrogen-bond acceptors (Lipinski definition) is 5. The summed E-state index contributed by atoms with van der Waals surface area (Å²) in [5.41, 5.74) is 0.355. The van der Waals surface area contributed by atoms with Crippen molar-refractivity contribution in [3.63, 3.8) is 0 Å². The van der Waals surface area contributed by atoms with E-state index < -0.39 is 22.7 Å². The van der Waals surface area contributed by atoms with Crippen molar-refractivity contribution in [2.24, 2.45) is 0 Å². The second-order valence-electron chi connectivity index (χ2n) is 5.09. The molecule has 0 unspecified atom stereocenters. The molecule has 2 aromatic heterocycles. The summed E-state index contributed by atoms with van der Waals surface area (Å²) in [5, 5.41) is 7.24. The lowest BCUT2D eigenvalue weighted by Crippen LogP contribution is -2.20. The van der Waals surface area contributed by atoms with E-state index in [4.69, 9.17) is 4.52 Å². The van der Waals surface area contributed by atoms with Crippen molar-refractivity contribution in [3.05, 3.63) is 22.7 Å². The molecule has 0 aromatic carbocycles. The van der Waals surface area contributed by atoms with Gasteiger partial charge in [0.25, 0.3) is 10.0 Å². The molecule has 0 saturated carbocycles. The third-order valence-corrected chi connectivity index (χ3v) is 4.89. The summed E-state index contributed by atoms with van der Waals surface area (Å²) in [4.78, 5) is -0.304. The Morgan fingerprint density at radius 1 is 1.22 bits per heavy atom. The van der Waals surface area contributed by atoms with E-state index in [1.807, 2.05) is 0 Å². The number of alkyl halides is 3. The van der Waals surface area contributed by atoms with Crippen molar-refractivity contribution in [2.45, 2.75) is 45.3 Å². The minimum Gasteiger partial charge on any atom is -0.359 e. The van der Waals surface area contributed by atoms with Gasteiger partial charge in [0, 0.05) is 5.56 Å².